The van der Waals surface area contributed by atoms with E-state index in [2.05, 4.69) is 42.7 Å². The summed E-state index contributed by atoms with van der Waals surface area (Å²) in [5, 5.41) is 8.86. The van der Waals surface area contributed by atoms with Gasteiger partial charge in [-0.3, -0.25) is 23.4 Å². The van der Waals surface area contributed by atoms with Crippen molar-refractivity contribution in [3.8, 4) is 0 Å². The summed E-state index contributed by atoms with van der Waals surface area (Å²) in [5.41, 5.74) is 5.32. The summed E-state index contributed by atoms with van der Waals surface area (Å²) in [6.45, 7) is 2.75. The number of phosphoric acid groups is 1. The van der Waals surface area contributed by atoms with E-state index >= 15 is 0 Å². The third-order valence-corrected chi connectivity index (χ3v) is 9.40. The van der Waals surface area contributed by atoms with Crippen molar-refractivity contribution in [3.05, 3.63) is 24.3 Å². The quantitative estimate of drug-likeness (QED) is 0.0239. The Labute approximate surface area is 309 Å². The maximum Gasteiger partial charge on any atom is 0.472 e. The first kappa shape index (κ1) is 49.0. The molecule has 0 rings (SSSR count). The lowest BCUT2D eigenvalue weighted by Crippen LogP contribution is -2.34. The second kappa shape index (κ2) is 35.0. The van der Waals surface area contributed by atoms with Crippen molar-refractivity contribution in [3.63, 3.8) is 0 Å². The zero-order valence-corrected chi connectivity index (χ0v) is 32.8. The normalized spacial score (nSPS) is 14.1. The van der Waals surface area contributed by atoms with Crippen LogP contribution < -0.4 is 5.73 Å². The molecule has 0 aromatic carbocycles. The molecule has 0 fully saturated rings. The van der Waals surface area contributed by atoms with E-state index in [1.807, 2.05) is 0 Å². The van der Waals surface area contributed by atoms with Crippen molar-refractivity contribution in [2.75, 3.05) is 19.8 Å². The molecule has 0 aliphatic carbocycles. The molecule has 3 unspecified atom stereocenters. The number of carboxylic acids is 1. The molecule has 0 bridgehead atoms. The van der Waals surface area contributed by atoms with Crippen LogP contribution in [0.5, 0.6) is 0 Å². The molecule has 0 heterocycles. The van der Waals surface area contributed by atoms with Gasteiger partial charge in [-0.2, -0.15) is 0 Å². The molecule has 0 amide bonds. The Morgan fingerprint density at radius 1 is 0.608 bits per heavy atom. The number of hydrogen-bond acceptors (Lipinski definition) is 9. The average molecular weight is 746 g/mol. The fraction of sp³-hybridized carbons (Fsp3) is 0.821. The van der Waals surface area contributed by atoms with Gasteiger partial charge in [-0.15, -0.1) is 0 Å². The number of aliphatic carboxylic acids is 1. The fourth-order valence-corrected chi connectivity index (χ4v) is 6.05. The van der Waals surface area contributed by atoms with E-state index in [1.165, 1.54) is 70.6 Å². The number of nitrogens with two attached hydrogens (primary N) is 1. The van der Waals surface area contributed by atoms with E-state index < -0.39 is 51.1 Å². The van der Waals surface area contributed by atoms with Crippen LogP contribution in [0.3, 0.4) is 0 Å². The molecule has 51 heavy (non-hydrogen) atoms. The Bertz CT molecular complexity index is 974. The Balaban J connectivity index is 4.44. The van der Waals surface area contributed by atoms with Crippen LogP contribution in [0.4, 0.5) is 0 Å². The zero-order chi connectivity index (χ0) is 37.8. The summed E-state index contributed by atoms with van der Waals surface area (Å²) >= 11 is 0. The lowest BCUT2D eigenvalue weighted by Gasteiger charge is -2.20. The summed E-state index contributed by atoms with van der Waals surface area (Å²) in [7, 11) is -4.71. The predicted octanol–water partition coefficient (Wildman–Crippen LogP) is 9.89. The highest BCUT2D eigenvalue weighted by Gasteiger charge is 2.28. The SMILES string of the molecule is CCCCC/C=C\C/C=C\CCCCCCCC(=O)OC(COC(=O)CCCCCCCCCCCCCC)COP(=O)(O)OCC(N)C(=O)O. The van der Waals surface area contributed by atoms with Crippen molar-refractivity contribution in [1.82, 2.24) is 0 Å². The standard InChI is InChI=1S/C39H72NO10P/c1-3-5-7-9-11-13-15-17-18-19-21-23-25-27-29-31-38(42)50-35(33-48-51(45,46)49-34-36(40)39(43)44)32-47-37(41)30-28-26-24-22-20-16-14-12-10-8-6-4-2/h11,13,17-18,35-36H,3-10,12,14-16,19-34,40H2,1-2H3,(H,43,44)(H,45,46)/b13-11-,18-17-. The first-order valence-corrected chi connectivity index (χ1v) is 21.4. The van der Waals surface area contributed by atoms with E-state index in [1.54, 1.807) is 0 Å². The summed E-state index contributed by atoms with van der Waals surface area (Å²) in [4.78, 5) is 45.8. The van der Waals surface area contributed by atoms with Gasteiger partial charge >= 0.3 is 25.7 Å². The number of unbranched alkanes of at least 4 members (excludes halogenated alkanes) is 19. The van der Waals surface area contributed by atoms with Crippen LogP contribution in [0.15, 0.2) is 24.3 Å². The molecule has 3 atom stereocenters. The minimum absolute atomic E-state index is 0.147. The van der Waals surface area contributed by atoms with E-state index in [0.29, 0.717) is 12.8 Å². The van der Waals surface area contributed by atoms with E-state index in [-0.39, 0.29) is 19.4 Å². The number of carboxylic acid groups (broad SMARTS) is 1. The minimum Gasteiger partial charge on any atom is -0.480 e. The van der Waals surface area contributed by atoms with Gasteiger partial charge in [0.15, 0.2) is 6.10 Å². The molecule has 11 nitrogen and oxygen atoms in total. The average Bonchev–Trinajstić information content (AvgIpc) is 3.10. The smallest absolute Gasteiger partial charge is 0.472 e. The first-order valence-electron chi connectivity index (χ1n) is 19.9. The molecule has 0 saturated carbocycles. The van der Waals surface area contributed by atoms with Gasteiger partial charge in [-0.1, -0.05) is 141 Å². The van der Waals surface area contributed by atoms with Crippen LogP contribution >= 0.6 is 7.82 Å². The summed E-state index contributed by atoms with van der Waals surface area (Å²) in [5.74, 6) is -2.39. The van der Waals surface area contributed by atoms with Crippen LogP contribution in [0.25, 0.3) is 0 Å². The maximum absolute atomic E-state index is 12.6. The Kier molecular flexibility index (Phi) is 33.6. The Hall–Kier alpha value is -2.04. The number of carbonyl (C=O) groups excluding carboxylic acids is 2. The van der Waals surface area contributed by atoms with Crippen LogP contribution in [-0.2, 0) is 37.5 Å². The van der Waals surface area contributed by atoms with Crippen LogP contribution in [0.2, 0.25) is 0 Å². The number of carbonyl (C=O) groups is 3. The van der Waals surface area contributed by atoms with Gasteiger partial charge in [-0.25, -0.2) is 4.57 Å². The van der Waals surface area contributed by atoms with Crippen molar-refractivity contribution in [1.29, 1.82) is 0 Å². The van der Waals surface area contributed by atoms with Crippen molar-refractivity contribution < 1.29 is 47.5 Å². The van der Waals surface area contributed by atoms with Crippen molar-refractivity contribution in [2.45, 2.75) is 187 Å². The van der Waals surface area contributed by atoms with Crippen LogP contribution in [-0.4, -0.2) is 59.9 Å². The Morgan fingerprint density at radius 3 is 1.57 bits per heavy atom. The van der Waals surface area contributed by atoms with Crippen LogP contribution in [0, 0.1) is 0 Å². The number of esters is 2. The number of allylic oxidation sites excluding steroid dienone is 4. The lowest BCUT2D eigenvalue weighted by atomic mass is 10.0. The highest BCUT2D eigenvalue weighted by atomic mass is 31.2. The minimum atomic E-state index is -4.71. The molecule has 0 saturated heterocycles. The molecule has 0 spiro atoms. The molecular formula is C39H72NO10P. The van der Waals surface area contributed by atoms with Gasteiger partial charge in [0.05, 0.1) is 13.2 Å². The molecule has 0 aliphatic rings. The van der Waals surface area contributed by atoms with Gasteiger partial charge in [0.1, 0.15) is 12.6 Å². The number of ether oxygens (including phenoxy) is 2. The summed E-state index contributed by atoms with van der Waals surface area (Å²) in [6.07, 6.45) is 33.8. The first-order chi connectivity index (χ1) is 24.6. The zero-order valence-electron chi connectivity index (χ0n) is 31.9. The molecule has 12 heteroatoms. The molecule has 0 aromatic rings. The molecule has 4 N–H and O–H groups in total. The topological polar surface area (TPSA) is 172 Å². The van der Waals surface area contributed by atoms with Gasteiger partial charge < -0.3 is 25.2 Å². The van der Waals surface area contributed by atoms with E-state index in [0.717, 1.165) is 64.2 Å². The molecular weight excluding hydrogens is 673 g/mol. The number of hydrogen-bond donors (Lipinski definition) is 3. The molecule has 298 valence electrons. The molecule has 0 radical (unpaired) electrons. The largest absolute Gasteiger partial charge is 0.480 e. The lowest BCUT2D eigenvalue weighted by molar-refractivity contribution is -0.161. The Morgan fingerprint density at radius 2 is 1.04 bits per heavy atom. The highest BCUT2D eigenvalue weighted by molar-refractivity contribution is 7.47. The third kappa shape index (κ3) is 34.8. The third-order valence-electron chi connectivity index (χ3n) is 8.45. The van der Waals surface area contributed by atoms with Crippen molar-refractivity contribution >= 4 is 25.7 Å². The van der Waals surface area contributed by atoms with E-state index in [4.69, 9.17) is 24.8 Å². The van der Waals surface area contributed by atoms with E-state index in [9.17, 15) is 23.8 Å². The predicted molar refractivity (Wildman–Crippen MR) is 203 cm³/mol. The summed E-state index contributed by atoms with van der Waals surface area (Å²) < 4.78 is 32.6. The van der Waals surface area contributed by atoms with Crippen molar-refractivity contribution in [2.24, 2.45) is 5.73 Å². The second-order valence-corrected chi connectivity index (χ2v) is 14.9. The number of rotatable bonds is 37. The summed E-state index contributed by atoms with van der Waals surface area (Å²) in [6, 6.07) is -1.52. The van der Waals surface area contributed by atoms with Gasteiger partial charge in [-0.05, 0) is 44.9 Å². The molecule has 0 aromatic heterocycles. The van der Waals surface area contributed by atoms with Gasteiger partial charge in [0.2, 0.25) is 0 Å². The maximum atomic E-state index is 12.6. The van der Waals surface area contributed by atoms with Gasteiger partial charge in [0.25, 0.3) is 0 Å². The van der Waals surface area contributed by atoms with Gasteiger partial charge in [0, 0.05) is 12.8 Å². The van der Waals surface area contributed by atoms with Crippen LogP contribution in [0.1, 0.15) is 174 Å². The monoisotopic (exact) mass is 745 g/mol. The number of phosphoric ester groups is 1. The highest BCUT2D eigenvalue weighted by Crippen LogP contribution is 2.43. The fourth-order valence-electron chi connectivity index (χ4n) is 5.27. The molecule has 0 aliphatic heterocycles. The second-order valence-electron chi connectivity index (χ2n) is 13.4.